The lowest BCUT2D eigenvalue weighted by atomic mass is 10.1. The number of hydrogen-bond acceptors (Lipinski definition) is 3. The van der Waals surface area contributed by atoms with Gasteiger partial charge in [-0.25, -0.2) is 4.79 Å². The second-order valence-electron chi connectivity index (χ2n) is 5.06. The van der Waals surface area contributed by atoms with Crippen molar-refractivity contribution in [3.63, 3.8) is 0 Å². The van der Waals surface area contributed by atoms with Crippen molar-refractivity contribution >= 4 is 12.0 Å². The third kappa shape index (κ3) is 16.6. The first kappa shape index (κ1) is 19.7. The molecule has 0 bridgehead atoms. The summed E-state index contributed by atoms with van der Waals surface area (Å²) in [4.78, 5) is 21.7. The van der Waals surface area contributed by atoms with E-state index < -0.39 is 5.97 Å². The van der Waals surface area contributed by atoms with Crippen molar-refractivity contribution in [2.45, 2.75) is 58.3 Å². The summed E-state index contributed by atoms with van der Waals surface area (Å²) in [5.74, 6) is -0.744. The minimum Gasteiger partial charge on any atom is -0.481 e. The number of carboxylic acids is 1. The number of hydrogen-bond donors (Lipinski definition) is 3. The number of carbonyl (C=O) groups is 2. The van der Waals surface area contributed by atoms with Crippen molar-refractivity contribution in [3.05, 3.63) is 0 Å². The molecular weight excluding hydrogens is 272 g/mol. The number of amides is 2. The largest absolute Gasteiger partial charge is 0.481 e. The van der Waals surface area contributed by atoms with Crippen LogP contribution in [-0.4, -0.2) is 43.4 Å². The highest BCUT2D eigenvalue weighted by atomic mass is 16.5. The topological polar surface area (TPSA) is 87.7 Å². The van der Waals surface area contributed by atoms with Gasteiger partial charge in [-0.05, 0) is 25.7 Å². The van der Waals surface area contributed by atoms with Crippen molar-refractivity contribution in [1.82, 2.24) is 10.6 Å². The molecule has 0 aliphatic rings. The highest BCUT2D eigenvalue weighted by molar-refractivity contribution is 5.73. The van der Waals surface area contributed by atoms with Crippen LogP contribution in [0.4, 0.5) is 4.79 Å². The van der Waals surface area contributed by atoms with Gasteiger partial charge in [0.25, 0.3) is 0 Å². The Balaban J connectivity index is 3.18. The zero-order valence-electron chi connectivity index (χ0n) is 13.2. The maximum absolute atomic E-state index is 11.4. The first-order chi connectivity index (χ1) is 10.2. The van der Waals surface area contributed by atoms with Gasteiger partial charge < -0.3 is 20.5 Å². The van der Waals surface area contributed by atoms with Crippen LogP contribution in [0.3, 0.4) is 0 Å². The molecule has 3 N–H and O–H groups in total. The van der Waals surface area contributed by atoms with Gasteiger partial charge in [0, 0.05) is 32.7 Å². The van der Waals surface area contributed by atoms with Crippen molar-refractivity contribution in [2.75, 3.05) is 26.3 Å². The van der Waals surface area contributed by atoms with E-state index in [-0.39, 0.29) is 12.5 Å². The van der Waals surface area contributed by atoms with E-state index in [0.717, 1.165) is 45.1 Å². The molecular formula is C15H30N2O4. The van der Waals surface area contributed by atoms with Crippen molar-refractivity contribution in [3.8, 4) is 0 Å². The van der Waals surface area contributed by atoms with Gasteiger partial charge in [-0.1, -0.05) is 26.2 Å². The molecule has 124 valence electrons. The van der Waals surface area contributed by atoms with E-state index in [1.165, 1.54) is 0 Å². The highest BCUT2D eigenvalue weighted by Gasteiger charge is 1.99. The zero-order chi connectivity index (χ0) is 15.8. The van der Waals surface area contributed by atoms with E-state index in [4.69, 9.17) is 9.84 Å². The minimum atomic E-state index is -0.744. The Labute approximate surface area is 127 Å². The molecule has 0 saturated heterocycles. The molecule has 21 heavy (non-hydrogen) atoms. The lowest BCUT2D eigenvalue weighted by molar-refractivity contribution is -0.137. The number of carbonyl (C=O) groups excluding carboxylic acids is 1. The Kier molecular flexibility index (Phi) is 14.2. The highest BCUT2D eigenvalue weighted by Crippen LogP contribution is 2.01. The summed E-state index contributed by atoms with van der Waals surface area (Å²) in [5.41, 5.74) is 0. The summed E-state index contributed by atoms with van der Waals surface area (Å²) in [7, 11) is 0. The molecule has 0 rings (SSSR count). The van der Waals surface area contributed by atoms with Gasteiger partial charge in [0.1, 0.15) is 0 Å². The van der Waals surface area contributed by atoms with Crippen LogP contribution >= 0.6 is 0 Å². The predicted octanol–water partition coefficient (Wildman–Crippen LogP) is 2.53. The minimum absolute atomic E-state index is 0.144. The smallest absolute Gasteiger partial charge is 0.314 e. The van der Waals surface area contributed by atoms with E-state index in [0.29, 0.717) is 26.1 Å². The maximum Gasteiger partial charge on any atom is 0.314 e. The molecule has 2 amide bonds. The predicted molar refractivity (Wildman–Crippen MR) is 82.5 cm³/mol. The SMILES string of the molecule is CCCCOCCCNC(=O)NCCCCCCC(=O)O. The lowest BCUT2D eigenvalue weighted by Crippen LogP contribution is -2.36. The summed E-state index contributed by atoms with van der Waals surface area (Å²) in [6, 6.07) is -0.144. The molecule has 0 saturated carbocycles. The Hall–Kier alpha value is -1.30. The van der Waals surface area contributed by atoms with Crippen molar-refractivity contribution < 1.29 is 19.4 Å². The maximum atomic E-state index is 11.4. The molecule has 0 atom stereocenters. The van der Waals surface area contributed by atoms with Gasteiger partial charge in [0.2, 0.25) is 0 Å². The van der Waals surface area contributed by atoms with Crippen LogP contribution in [0.2, 0.25) is 0 Å². The molecule has 0 aromatic heterocycles. The number of carboxylic acid groups (broad SMARTS) is 1. The van der Waals surface area contributed by atoms with E-state index in [2.05, 4.69) is 17.6 Å². The summed E-state index contributed by atoms with van der Waals surface area (Å²) < 4.78 is 5.40. The number of rotatable bonds is 14. The monoisotopic (exact) mass is 302 g/mol. The van der Waals surface area contributed by atoms with E-state index in [1.807, 2.05) is 0 Å². The van der Waals surface area contributed by atoms with Gasteiger partial charge in [-0.15, -0.1) is 0 Å². The van der Waals surface area contributed by atoms with E-state index in [9.17, 15) is 9.59 Å². The van der Waals surface area contributed by atoms with Gasteiger partial charge >= 0.3 is 12.0 Å². The molecule has 0 heterocycles. The second kappa shape index (κ2) is 15.1. The number of unbranched alkanes of at least 4 members (excludes halogenated alkanes) is 4. The average Bonchev–Trinajstić information content (AvgIpc) is 2.45. The molecule has 0 aromatic rings. The lowest BCUT2D eigenvalue weighted by Gasteiger charge is -2.08. The van der Waals surface area contributed by atoms with Crippen LogP contribution in [-0.2, 0) is 9.53 Å². The third-order valence-electron chi connectivity index (χ3n) is 3.00. The van der Waals surface area contributed by atoms with Crippen LogP contribution < -0.4 is 10.6 Å². The fourth-order valence-corrected chi connectivity index (χ4v) is 1.74. The van der Waals surface area contributed by atoms with Gasteiger partial charge in [-0.3, -0.25) is 4.79 Å². The van der Waals surface area contributed by atoms with E-state index in [1.54, 1.807) is 0 Å². The molecule has 0 fully saturated rings. The molecule has 0 aromatic carbocycles. The molecule has 0 unspecified atom stereocenters. The number of ether oxygens (including phenoxy) is 1. The molecule has 0 radical (unpaired) electrons. The van der Waals surface area contributed by atoms with Crippen LogP contribution in [0.25, 0.3) is 0 Å². The van der Waals surface area contributed by atoms with Crippen molar-refractivity contribution in [1.29, 1.82) is 0 Å². The van der Waals surface area contributed by atoms with Crippen LogP contribution in [0, 0.1) is 0 Å². The van der Waals surface area contributed by atoms with Gasteiger partial charge in [0.15, 0.2) is 0 Å². The Morgan fingerprint density at radius 1 is 0.905 bits per heavy atom. The quantitative estimate of drug-likeness (QED) is 0.430. The summed E-state index contributed by atoms with van der Waals surface area (Å²) >= 11 is 0. The fraction of sp³-hybridized carbons (Fsp3) is 0.867. The Morgan fingerprint density at radius 3 is 2.19 bits per heavy atom. The second-order valence-corrected chi connectivity index (χ2v) is 5.06. The Bertz CT molecular complexity index is 272. The summed E-state index contributed by atoms with van der Waals surface area (Å²) in [5, 5.41) is 14.0. The number of urea groups is 1. The van der Waals surface area contributed by atoms with E-state index >= 15 is 0 Å². The van der Waals surface area contributed by atoms with Gasteiger partial charge in [-0.2, -0.15) is 0 Å². The number of nitrogens with one attached hydrogen (secondary N) is 2. The van der Waals surface area contributed by atoms with Crippen LogP contribution in [0.15, 0.2) is 0 Å². The molecule has 0 spiro atoms. The molecule has 0 aliphatic heterocycles. The average molecular weight is 302 g/mol. The first-order valence-corrected chi connectivity index (χ1v) is 7.98. The van der Waals surface area contributed by atoms with Crippen LogP contribution in [0.1, 0.15) is 58.3 Å². The standard InChI is InChI=1S/C15H30N2O4/c1-2-3-12-21-13-8-11-17-15(20)16-10-7-5-4-6-9-14(18)19/h2-13H2,1H3,(H,18,19)(H2,16,17,20). The first-order valence-electron chi connectivity index (χ1n) is 7.98. The molecule has 6 nitrogen and oxygen atoms in total. The molecule has 6 heteroatoms. The summed E-state index contributed by atoms with van der Waals surface area (Å²) in [6.07, 6.45) is 6.70. The summed E-state index contributed by atoms with van der Waals surface area (Å²) in [6.45, 7) is 4.86. The fourth-order valence-electron chi connectivity index (χ4n) is 1.74. The number of aliphatic carboxylic acids is 1. The normalized spacial score (nSPS) is 10.3. The van der Waals surface area contributed by atoms with Gasteiger partial charge in [0.05, 0.1) is 0 Å². The zero-order valence-corrected chi connectivity index (χ0v) is 13.2. The Morgan fingerprint density at radius 2 is 1.52 bits per heavy atom. The molecule has 0 aliphatic carbocycles. The third-order valence-corrected chi connectivity index (χ3v) is 3.00. The van der Waals surface area contributed by atoms with Crippen molar-refractivity contribution in [2.24, 2.45) is 0 Å². The van der Waals surface area contributed by atoms with Crippen LogP contribution in [0.5, 0.6) is 0 Å².